The van der Waals surface area contributed by atoms with Gasteiger partial charge in [0.25, 0.3) is 0 Å². The molecule has 1 saturated heterocycles. The Bertz CT molecular complexity index is 814. The summed E-state index contributed by atoms with van der Waals surface area (Å²) in [4.78, 5) is 2.20. The fraction of sp³-hybridized carbons (Fsp3) is 0.400. The predicted molar refractivity (Wildman–Crippen MR) is 92.9 cm³/mol. The van der Waals surface area contributed by atoms with Crippen molar-refractivity contribution in [1.29, 1.82) is 0 Å². The molecule has 0 aliphatic carbocycles. The molecule has 0 amide bonds. The highest BCUT2D eigenvalue weighted by Gasteiger charge is 2.32. The molecule has 1 N–H and O–H groups in total. The van der Waals surface area contributed by atoms with Crippen LogP contribution in [0.4, 0.5) is 13.2 Å². The van der Waals surface area contributed by atoms with E-state index in [-0.39, 0.29) is 18.6 Å². The Morgan fingerprint density at radius 2 is 1.56 bits per heavy atom. The van der Waals surface area contributed by atoms with Gasteiger partial charge in [-0.05, 0) is 49.7 Å². The summed E-state index contributed by atoms with van der Waals surface area (Å²) >= 11 is 0. The van der Waals surface area contributed by atoms with Crippen LogP contribution >= 0.6 is 0 Å². The molecule has 4 rings (SSSR count). The molecule has 2 aliphatic rings. The van der Waals surface area contributed by atoms with Crippen molar-refractivity contribution in [1.82, 2.24) is 4.90 Å². The van der Waals surface area contributed by atoms with Crippen LogP contribution in [0.1, 0.15) is 42.0 Å². The second-order valence-electron chi connectivity index (χ2n) is 6.88. The topological polar surface area (TPSA) is 41.9 Å². The number of phenolic OH excluding ortho intramolecular Hbond substituents is 1. The highest BCUT2D eigenvalue weighted by Crippen LogP contribution is 2.44. The molecule has 2 aromatic carbocycles. The Morgan fingerprint density at radius 3 is 2.19 bits per heavy atom. The summed E-state index contributed by atoms with van der Waals surface area (Å²) in [6, 6.07) is 8.07. The van der Waals surface area contributed by atoms with Crippen molar-refractivity contribution in [3.8, 4) is 17.2 Å². The Hall–Kier alpha value is -2.41. The molecule has 27 heavy (non-hydrogen) atoms. The summed E-state index contributed by atoms with van der Waals surface area (Å²) in [5.74, 6) is 1.06. The maximum atomic E-state index is 12.9. The van der Waals surface area contributed by atoms with Crippen molar-refractivity contribution in [2.24, 2.45) is 0 Å². The zero-order valence-corrected chi connectivity index (χ0v) is 14.6. The lowest BCUT2D eigenvalue weighted by atomic mass is 9.93. The molecule has 144 valence electrons. The number of phenols is 1. The summed E-state index contributed by atoms with van der Waals surface area (Å²) in [5, 5.41) is 10.6. The first-order chi connectivity index (χ1) is 12.9. The minimum atomic E-state index is -4.37. The van der Waals surface area contributed by atoms with Gasteiger partial charge in [-0.1, -0.05) is 18.6 Å². The van der Waals surface area contributed by atoms with Gasteiger partial charge in [0, 0.05) is 11.6 Å². The van der Waals surface area contributed by atoms with Crippen molar-refractivity contribution in [2.75, 3.05) is 19.9 Å². The highest BCUT2D eigenvalue weighted by molar-refractivity contribution is 5.54. The van der Waals surface area contributed by atoms with E-state index < -0.39 is 11.7 Å². The van der Waals surface area contributed by atoms with Crippen molar-refractivity contribution in [3.63, 3.8) is 0 Å². The molecule has 2 heterocycles. The van der Waals surface area contributed by atoms with Crippen LogP contribution in [0.25, 0.3) is 0 Å². The van der Waals surface area contributed by atoms with Crippen molar-refractivity contribution < 1.29 is 27.8 Å². The number of likely N-dealkylation sites (tertiary alicyclic amines) is 1. The van der Waals surface area contributed by atoms with Gasteiger partial charge in [0.2, 0.25) is 6.79 Å². The van der Waals surface area contributed by atoms with Gasteiger partial charge in [0.05, 0.1) is 11.6 Å². The smallest absolute Gasteiger partial charge is 0.416 e. The maximum Gasteiger partial charge on any atom is 0.416 e. The summed E-state index contributed by atoms with van der Waals surface area (Å²) in [6.45, 7) is 1.73. The Morgan fingerprint density at radius 1 is 0.926 bits per heavy atom. The molecule has 0 spiro atoms. The van der Waals surface area contributed by atoms with Crippen LogP contribution in [0.2, 0.25) is 0 Å². The van der Waals surface area contributed by atoms with E-state index in [1.807, 2.05) is 0 Å². The van der Waals surface area contributed by atoms with E-state index in [0.717, 1.165) is 44.5 Å². The van der Waals surface area contributed by atoms with Gasteiger partial charge in [0.1, 0.15) is 5.75 Å². The van der Waals surface area contributed by atoms with Gasteiger partial charge in [-0.15, -0.1) is 0 Å². The minimum Gasteiger partial charge on any atom is -0.507 e. The SMILES string of the molecule is Oc1cc2c(cc1[C@H](c1ccc(C(F)(F)F)cc1)N1CCCCC1)OCO2. The minimum absolute atomic E-state index is 0.0507. The van der Waals surface area contributed by atoms with E-state index >= 15 is 0 Å². The van der Waals surface area contributed by atoms with Gasteiger partial charge in [-0.2, -0.15) is 13.2 Å². The summed E-state index contributed by atoms with van der Waals surface area (Å²) in [7, 11) is 0. The average molecular weight is 379 g/mol. The molecular weight excluding hydrogens is 359 g/mol. The number of ether oxygens (including phenoxy) is 2. The average Bonchev–Trinajstić information content (AvgIpc) is 3.10. The molecule has 7 heteroatoms. The second kappa shape index (κ2) is 6.96. The quantitative estimate of drug-likeness (QED) is 0.838. The molecule has 4 nitrogen and oxygen atoms in total. The Balaban J connectivity index is 1.76. The Kier molecular flexibility index (Phi) is 4.63. The standard InChI is InChI=1S/C20H20F3NO3/c21-20(22,23)14-6-4-13(5-7-14)19(24-8-2-1-3-9-24)15-10-17-18(11-16(15)25)27-12-26-17/h4-7,10-11,19,25H,1-3,8-9,12H2/t19-/m0/s1. The maximum absolute atomic E-state index is 12.9. The lowest BCUT2D eigenvalue weighted by Gasteiger charge is -2.35. The van der Waals surface area contributed by atoms with Gasteiger partial charge in [0.15, 0.2) is 11.5 Å². The Labute approximate surface area is 155 Å². The molecule has 1 atom stereocenters. The lowest BCUT2D eigenvalue weighted by molar-refractivity contribution is -0.137. The van der Waals surface area contributed by atoms with E-state index in [4.69, 9.17) is 9.47 Å². The van der Waals surface area contributed by atoms with Crippen LogP contribution in [-0.4, -0.2) is 29.9 Å². The number of piperidine rings is 1. The van der Waals surface area contributed by atoms with E-state index in [2.05, 4.69) is 4.90 Å². The van der Waals surface area contributed by atoms with Gasteiger partial charge in [-0.25, -0.2) is 0 Å². The normalized spacial score (nSPS) is 18.5. The van der Waals surface area contributed by atoms with Crippen LogP contribution in [-0.2, 0) is 6.18 Å². The summed E-state index contributed by atoms with van der Waals surface area (Å²) in [6.07, 6.45) is -1.21. The molecule has 0 unspecified atom stereocenters. The first-order valence-electron chi connectivity index (χ1n) is 8.97. The zero-order chi connectivity index (χ0) is 19.0. The molecule has 1 fully saturated rings. The van der Waals surface area contributed by atoms with Crippen LogP contribution in [0, 0.1) is 0 Å². The fourth-order valence-electron chi connectivity index (χ4n) is 3.78. The summed E-state index contributed by atoms with van der Waals surface area (Å²) in [5.41, 5.74) is 0.638. The largest absolute Gasteiger partial charge is 0.507 e. The molecule has 2 aromatic rings. The third-order valence-corrected chi connectivity index (χ3v) is 5.13. The number of halogens is 3. The van der Waals surface area contributed by atoms with E-state index in [9.17, 15) is 18.3 Å². The first kappa shape index (κ1) is 18.0. The first-order valence-corrected chi connectivity index (χ1v) is 8.97. The zero-order valence-electron chi connectivity index (χ0n) is 14.6. The lowest BCUT2D eigenvalue weighted by Crippen LogP contribution is -2.34. The van der Waals surface area contributed by atoms with Crippen LogP contribution < -0.4 is 9.47 Å². The molecule has 0 radical (unpaired) electrons. The van der Waals surface area contributed by atoms with Crippen molar-refractivity contribution >= 4 is 0 Å². The number of hydrogen-bond donors (Lipinski definition) is 1. The number of rotatable bonds is 3. The van der Waals surface area contributed by atoms with Crippen molar-refractivity contribution in [3.05, 3.63) is 53.1 Å². The molecule has 0 aromatic heterocycles. The third kappa shape index (κ3) is 3.56. The second-order valence-corrected chi connectivity index (χ2v) is 6.88. The third-order valence-electron chi connectivity index (χ3n) is 5.13. The van der Waals surface area contributed by atoms with E-state index in [1.54, 1.807) is 6.07 Å². The molecule has 0 saturated carbocycles. The number of nitrogens with zero attached hydrogens (tertiary/aromatic N) is 1. The van der Waals surface area contributed by atoms with E-state index in [1.165, 1.54) is 18.2 Å². The summed E-state index contributed by atoms with van der Waals surface area (Å²) < 4.78 is 49.5. The molecule has 2 aliphatic heterocycles. The fourth-order valence-corrected chi connectivity index (χ4v) is 3.78. The number of alkyl halides is 3. The van der Waals surface area contributed by atoms with Crippen LogP contribution in [0.15, 0.2) is 36.4 Å². The van der Waals surface area contributed by atoms with Crippen LogP contribution in [0.3, 0.4) is 0 Å². The van der Waals surface area contributed by atoms with Crippen molar-refractivity contribution in [2.45, 2.75) is 31.5 Å². The highest BCUT2D eigenvalue weighted by atomic mass is 19.4. The van der Waals surface area contributed by atoms with E-state index in [0.29, 0.717) is 22.6 Å². The number of hydrogen-bond acceptors (Lipinski definition) is 4. The van der Waals surface area contributed by atoms with Gasteiger partial charge < -0.3 is 14.6 Å². The molecular formula is C20H20F3NO3. The van der Waals surface area contributed by atoms with Gasteiger partial charge in [-0.3, -0.25) is 4.90 Å². The van der Waals surface area contributed by atoms with Crippen LogP contribution in [0.5, 0.6) is 17.2 Å². The predicted octanol–water partition coefficient (Wildman–Crippen LogP) is 4.72. The number of benzene rings is 2. The number of aromatic hydroxyl groups is 1. The molecule has 0 bridgehead atoms. The number of fused-ring (bicyclic) bond motifs is 1. The van der Waals surface area contributed by atoms with Gasteiger partial charge >= 0.3 is 6.18 Å². The monoisotopic (exact) mass is 379 g/mol.